The van der Waals surface area contributed by atoms with Crippen LogP contribution in [0.5, 0.6) is 17.2 Å². The number of methoxy groups -OCH3 is 5. The van der Waals surface area contributed by atoms with Crippen LogP contribution in [0.4, 0.5) is 0 Å². The molecule has 1 unspecified atom stereocenters. The summed E-state index contributed by atoms with van der Waals surface area (Å²) in [4.78, 5) is 4.28. The van der Waals surface area contributed by atoms with Crippen LogP contribution in [0, 0.1) is 6.92 Å². The van der Waals surface area contributed by atoms with E-state index in [2.05, 4.69) is 4.99 Å². The number of dihydropyridines is 1. The van der Waals surface area contributed by atoms with Crippen LogP contribution in [-0.2, 0) is 9.47 Å². The molecule has 1 atom stereocenters. The lowest BCUT2D eigenvalue weighted by Gasteiger charge is -2.23. The van der Waals surface area contributed by atoms with E-state index in [0.29, 0.717) is 33.6 Å². The predicted octanol–water partition coefficient (Wildman–Crippen LogP) is 3.56. The Labute approximate surface area is 152 Å². The number of hydrogen-bond donors (Lipinski definition) is 0. The van der Waals surface area contributed by atoms with Crippen molar-refractivity contribution in [3.63, 3.8) is 0 Å². The maximum atomic E-state index is 6.22. The van der Waals surface area contributed by atoms with Crippen molar-refractivity contribution in [1.82, 2.24) is 0 Å². The molecule has 136 valence electrons. The predicted molar refractivity (Wildman–Crippen MR) is 98.0 cm³/mol. The molecule has 0 aliphatic carbocycles. The van der Waals surface area contributed by atoms with Crippen LogP contribution in [0.2, 0.25) is 0 Å². The first kappa shape index (κ1) is 19.1. The average Bonchev–Trinajstić information content (AvgIpc) is 2.62. The van der Waals surface area contributed by atoms with Gasteiger partial charge in [-0.05, 0) is 24.6 Å². The van der Waals surface area contributed by atoms with Gasteiger partial charge in [-0.3, -0.25) is 4.99 Å². The summed E-state index contributed by atoms with van der Waals surface area (Å²) in [6.07, 6.45) is 2.86. The van der Waals surface area contributed by atoms with Crippen molar-refractivity contribution in [3.8, 4) is 17.2 Å². The van der Waals surface area contributed by atoms with Crippen LogP contribution in [0.25, 0.3) is 6.08 Å². The molecule has 1 heterocycles. The summed E-state index contributed by atoms with van der Waals surface area (Å²) in [5.41, 5.74) is 2.41. The van der Waals surface area contributed by atoms with Crippen LogP contribution in [0.3, 0.4) is 0 Å². The van der Waals surface area contributed by atoms with Crippen molar-refractivity contribution in [2.45, 2.75) is 13.2 Å². The van der Waals surface area contributed by atoms with E-state index in [9.17, 15) is 0 Å². The van der Waals surface area contributed by atoms with Crippen molar-refractivity contribution in [3.05, 3.63) is 33.6 Å². The molecule has 0 bridgehead atoms. The Hall–Kier alpha value is -2.18. The fourth-order valence-electron chi connectivity index (χ4n) is 2.70. The highest BCUT2D eigenvalue weighted by Gasteiger charge is 2.26. The minimum Gasteiger partial charge on any atom is -0.495 e. The quantitative estimate of drug-likeness (QED) is 0.769. The van der Waals surface area contributed by atoms with Crippen LogP contribution in [0.15, 0.2) is 27.4 Å². The van der Waals surface area contributed by atoms with Crippen LogP contribution in [0.1, 0.15) is 11.1 Å². The van der Waals surface area contributed by atoms with Gasteiger partial charge in [0.05, 0.1) is 28.4 Å². The molecule has 0 amide bonds. The number of benzene rings is 1. The first-order valence-corrected chi connectivity index (χ1v) is 7.91. The van der Waals surface area contributed by atoms with E-state index in [1.165, 1.54) is 6.21 Å². The van der Waals surface area contributed by atoms with E-state index >= 15 is 0 Å². The smallest absolute Gasteiger partial charge is 0.203 e. The summed E-state index contributed by atoms with van der Waals surface area (Å²) in [7, 11) is 7.84. The van der Waals surface area contributed by atoms with Crippen LogP contribution in [-0.4, -0.2) is 48.0 Å². The number of aryl methyl sites for hydroxylation is 1. The zero-order valence-electron chi connectivity index (χ0n) is 15.2. The second kappa shape index (κ2) is 8.27. The second-order valence-corrected chi connectivity index (χ2v) is 5.63. The molecule has 0 aromatic heterocycles. The van der Waals surface area contributed by atoms with Gasteiger partial charge in [0.1, 0.15) is 10.8 Å². The lowest BCUT2D eigenvalue weighted by Crippen LogP contribution is -2.18. The highest BCUT2D eigenvalue weighted by Crippen LogP contribution is 2.43. The Morgan fingerprint density at radius 1 is 1.00 bits per heavy atom. The number of ether oxygens (including phenoxy) is 5. The Kier molecular flexibility index (Phi) is 6.33. The molecule has 7 heteroatoms. The molecule has 0 saturated carbocycles. The average molecular weight is 368 g/mol. The van der Waals surface area contributed by atoms with Gasteiger partial charge in [0, 0.05) is 24.5 Å². The zero-order valence-corrected chi connectivity index (χ0v) is 15.9. The van der Waals surface area contributed by atoms with Gasteiger partial charge in [0.15, 0.2) is 17.7 Å². The summed E-state index contributed by atoms with van der Waals surface area (Å²) in [6, 6.07) is 1.87. The van der Waals surface area contributed by atoms with Gasteiger partial charge >= 0.3 is 0 Å². The molecule has 0 radical (unpaired) electrons. The third-order valence-corrected chi connectivity index (χ3v) is 4.14. The monoisotopic (exact) mass is 367 g/mol. The third kappa shape index (κ3) is 3.60. The number of rotatable bonds is 6. The summed E-state index contributed by atoms with van der Waals surface area (Å²) in [5, 5.41) is 0.402. The largest absolute Gasteiger partial charge is 0.495 e. The Morgan fingerprint density at radius 2 is 1.68 bits per heavy atom. The van der Waals surface area contributed by atoms with E-state index in [1.807, 2.05) is 19.1 Å². The number of aliphatic imine (C=N–C) groups is 1. The molecule has 25 heavy (non-hydrogen) atoms. The van der Waals surface area contributed by atoms with Gasteiger partial charge in [0.2, 0.25) is 5.75 Å². The number of hydrogen-bond acceptors (Lipinski definition) is 6. The summed E-state index contributed by atoms with van der Waals surface area (Å²) < 4.78 is 27.3. The molecule has 0 saturated heterocycles. The standard InChI is InChI=1S/C18H22ClNO5/c1-10-7-14(21-2)17(24-5)16(23-4)11(10)8-12-15(22-3)13(19)9-20-18(12)25-6/h7-9,18H,1-6H3. The first-order valence-electron chi connectivity index (χ1n) is 7.53. The van der Waals surface area contributed by atoms with Gasteiger partial charge in [-0.2, -0.15) is 0 Å². The van der Waals surface area contributed by atoms with E-state index in [1.54, 1.807) is 35.5 Å². The topological polar surface area (TPSA) is 58.5 Å². The fourth-order valence-corrected chi connectivity index (χ4v) is 2.94. The second-order valence-electron chi connectivity index (χ2n) is 5.22. The minimum absolute atomic E-state index is 0.402. The lowest BCUT2D eigenvalue weighted by atomic mass is 10.00. The zero-order chi connectivity index (χ0) is 18.6. The van der Waals surface area contributed by atoms with Gasteiger partial charge in [0.25, 0.3) is 0 Å². The van der Waals surface area contributed by atoms with Crippen LogP contribution >= 0.6 is 11.6 Å². The van der Waals surface area contributed by atoms with Crippen molar-refractivity contribution < 1.29 is 23.7 Å². The summed E-state index contributed by atoms with van der Waals surface area (Å²) in [6.45, 7) is 1.95. The molecular weight excluding hydrogens is 346 g/mol. The number of allylic oxidation sites excluding steroid dienone is 1. The van der Waals surface area contributed by atoms with E-state index in [4.69, 9.17) is 35.3 Å². The van der Waals surface area contributed by atoms with Crippen LogP contribution < -0.4 is 14.2 Å². The molecule has 6 nitrogen and oxygen atoms in total. The normalized spacial score (nSPS) is 18.5. The molecule has 0 fully saturated rings. The van der Waals surface area contributed by atoms with Gasteiger partial charge < -0.3 is 23.7 Å². The maximum Gasteiger partial charge on any atom is 0.203 e. The number of nitrogens with zero attached hydrogens (tertiary/aromatic N) is 1. The minimum atomic E-state index is -0.533. The van der Waals surface area contributed by atoms with E-state index in [-0.39, 0.29) is 0 Å². The van der Waals surface area contributed by atoms with Crippen molar-refractivity contribution in [1.29, 1.82) is 0 Å². The number of halogens is 1. The van der Waals surface area contributed by atoms with E-state index in [0.717, 1.165) is 11.1 Å². The van der Waals surface area contributed by atoms with Crippen molar-refractivity contribution in [2.75, 3.05) is 35.5 Å². The maximum absolute atomic E-state index is 6.22. The molecule has 1 aromatic carbocycles. The molecule has 1 aromatic rings. The SMILES string of the molecule is COC1=C(Cl)C=NC(OC)C1=Cc1c(C)cc(OC)c(OC)c1OC. The van der Waals surface area contributed by atoms with Gasteiger partial charge in [-0.15, -0.1) is 0 Å². The molecule has 1 aliphatic heterocycles. The van der Waals surface area contributed by atoms with Gasteiger partial charge in [-0.1, -0.05) is 11.6 Å². The summed E-state index contributed by atoms with van der Waals surface area (Å²) >= 11 is 6.22. The lowest BCUT2D eigenvalue weighted by molar-refractivity contribution is 0.132. The highest BCUT2D eigenvalue weighted by molar-refractivity contribution is 6.40. The summed E-state index contributed by atoms with van der Waals surface area (Å²) in [5.74, 6) is 2.14. The van der Waals surface area contributed by atoms with Gasteiger partial charge in [-0.25, -0.2) is 0 Å². The highest BCUT2D eigenvalue weighted by atomic mass is 35.5. The molecule has 0 spiro atoms. The van der Waals surface area contributed by atoms with E-state index < -0.39 is 6.23 Å². The Bertz CT molecular complexity index is 739. The van der Waals surface area contributed by atoms with Crippen molar-refractivity contribution in [2.24, 2.45) is 4.99 Å². The third-order valence-electron chi connectivity index (χ3n) is 3.87. The molecule has 2 rings (SSSR count). The Balaban J connectivity index is 2.72. The first-order chi connectivity index (χ1) is 12.0. The molecular formula is C18H22ClNO5. The Morgan fingerprint density at radius 3 is 2.20 bits per heavy atom. The molecule has 0 N–H and O–H groups in total. The fraction of sp³-hybridized carbons (Fsp3) is 0.389. The van der Waals surface area contributed by atoms with Crippen molar-refractivity contribution >= 4 is 23.9 Å². The molecule has 1 aliphatic rings.